The first-order chi connectivity index (χ1) is 14.7. The van der Waals surface area contributed by atoms with E-state index in [4.69, 9.17) is 4.74 Å². The van der Waals surface area contributed by atoms with Gasteiger partial charge in [-0.05, 0) is 64.2 Å². The summed E-state index contributed by atoms with van der Waals surface area (Å²) in [5, 5.41) is 6.36. The number of carbonyl (C=O) groups excluding carboxylic acids is 2. The SMILES string of the molecule is COc1ccc2c(c1)/C(=C/C(=O)c1ccc(C(=O)NCCN(C)C)cc1)NC(C)(C)C2. The minimum atomic E-state index is -0.164. The Morgan fingerprint density at radius 2 is 1.81 bits per heavy atom. The van der Waals surface area contributed by atoms with E-state index in [9.17, 15) is 9.59 Å². The Hall–Kier alpha value is -3.12. The third-order valence-electron chi connectivity index (χ3n) is 5.26. The quantitative estimate of drug-likeness (QED) is 0.531. The van der Waals surface area contributed by atoms with Crippen LogP contribution in [0, 0.1) is 0 Å². The van der Waals surface area contributed by atoms with Gasteiger partial charge in [0.1, 0.15) is 5.75 Å². The number of hydrogen-bond donors (Lipinski definition) is 2. The van der Waals surface area contributed by atoms with Crippen molar-refractivity contribution in [3.8, 4) is 5.75 Å². The molecule has 0 aliphatic carbocycles. The van der Waals surface area contributed by atoms with Gasteiger partial charge in [-0.1, -0.05) is 18.2 Å². The van der Waals surface area contributed by atoms with E-state index < -0.39 is 0 Å². The lowest BCUT2D eigenvalue weighted by Crippen LogP contribution is -2.43. The zero-order valence-corrected chi connectivity index (χ0v) is 18.9. The smallest absolute Gasteiger partial charge is 0.251 e. The maximum Gasteiger partial charge on any atom is 0.251 e. The van der Waals surface area contributed by atoms with Crippen LogP contribution in [0.5, 0.6) is 5.75 Å². The van der Waals surface area contributed by atoms with Crippen LogP contribution in [0.2, 0.25) is 0 Å². The fourth-order valence-corrected chi connectivity index (χ4v) is 3.65. The number of rotatable bonds is 7. The van der Waals surface area contributed by atoms with Crippen LogP contribution in [0.1, 0.15) is 45.7 Å². The second kappa shape index (κ2) is 9.35. The van der Waals surface area contributed by atoms with E-state index in [1.807, 2.05) is 31.1 Å². The number of fused-ring (bicyclic) bond motifs is 1. The number of amides is 1. The Kier molecular flexibility index (Phi) is 6.81. The van der Waals surface area contributed by atoms with Crippen molar-refractivity contribution in [1.29, 1.82) is 0 Å². The number of methoxy groups -OCH3 is 1. The molecule has 0 unspecified atom stereocenters. The van der Waals surface area contributed by atoms with Crippen molar-refractivity contribution in [3.05, 3.63) is 70.8 Å². The molecule has 2 N–H and O–H groups in total. The molecule has 6 heteroatoms. The van der Waals surface area contributed by atoms with Crippen molar-refractivity contribution < 1.29 is 14.3 Å². The number of nitrogens with one attached hydrogen (secondary N) is 2. The highest BCUT2D eigenvalue weighted by molar-refractivity contribution is 6.09. The monoisotopic (exact) mass is 421 g/mol. The fourth-order valence-electron chi connectivity index (χ4n) is 3.65. The molecule has 0 bridgehead atoms. The predicted octanol–water partition coefficient (Wildman–Crippen LogP) is 3.13. The lowest BCUT2D eigenvalue weighted by atomic mass is 9.85. The Morgan fingerprint density at radius 1 is 1.13 bits per heavy atom. The van der Waals surface area contributed by atoms with Crippen molar-refractivity contribution in [2.45, 2.75) is 25.8 Å². The number of ether oxygens (including phenoxy) is 1. The number of benzene rings is 2. The van der Waals surface area contributed by atoms with E-state index in [1.165, 1.54) is 5.56 Å². The standard InChI is InChI=1S/C25H31N3O3/c1-25(2)16-19-10-11-20(31-5)14-21(19)22(27-25)15-23(29)17-6-8-18(9-7-17)24(30)26-12-13-28(3)4/h6-11,14-15,27H,12-13,16H2,1-5H3,(H,26,30)/b22-15-. The van der Waals surface area contributed by atoms with Crippen LogP contribution >= 0.6 is 0 Å². The zero-order valence-electron chi connectivity index (χ0n) is 18.9. The van der Waals surface area contributed by atoms with Gasteiger partial charge in [0.2, 0.25) is 0 Å². The zero-order chi connectivity index (χ0) is 22.6. The first-order valence-corrected chi connectivity index (χ1v) is 10.4. The highest BCUT2D eigenvalue weighted by Gasteiger charge is 2.28. The molecule has 0 aromatic heterocycles. The molecule has 1 amide bonds. The number of allylic oxidation sites excluding steroid dienone is 1. The normalized spacial score (nSPS) is 15.9. The molecular weight excluding hydrogens is 390 g/mol. The van der Waals surface area contributed by atoms with E-state index >= 15 is 0 Å². The average molecular weight is 422 g/mol. The summed E-state index contributed by atoms with van der Waals surface area (Å²) in [5.74, 6) is 0.493. The van der Waals surface area contributed by atoms with E-state index in [0.29, 0.717) is 17.7 Å². The van der Waals surface area contributed by atoms with Crippen LogP contribution in [0.3, 0.4) is 0 Å². The fraction of sp³-hybridized carbons (Fsp3) is 0.360. The summed E-state index contributed by atoms with van der Waals surface area (Å²) >= 11 is 0. The molecule has 0 saturated heterocycles. The van der Waals surface area contributed by atoms with E-state index in [0.717, 1.165) is 30.0 Å². The molecule has 0 saturated carbocycles. The van der Waals surface area contributed by atoms with Crippen molar-refractivity contribution in [1.82, 2.24) is 15.5 Å². The molecule has 2 aromatic rings. The van der Waals surface area contributed by atoms with Gasteiger partial charge in [-0.25, -0.2) is 0 Å². The number of hydrogen-bond acceptors (Lipinski definition) is 5. The van der Waals surface area contributed by atoms with Gasteiger partial charge in [-0.3, -0.25) is 9.59 Å². The summed E-state index contributed by atoms with van der Waals surface area (Å²) in [6.07, 6.45) is 2.49. The second-order valence-corrected chi connectivity index (χ2v) is 8.77. The predicted molar refractivity (Wildman–Crippen MR) is 124 cm³/mol. The van der Waals surface area contributed by atoms with Gasteiger partial charge < -0.3 is 20.3 Å². The summed E-state index contributed by atoms with van der Waals surface area (Å²) in [7, 11) is 5.55. The topological polar surface area (TPSA) is 70.7 Å². The van der Waals surface area contributed by atoms with Crippen LogP contribution in [-0.4, -0.2) is 56.4 Å². The van der Waals surface area contributed by atoms with Crippen molar-refractivity contribution >= 4 is 17.4 Å². The maximum absolute atomic E-state index is 13.0. The number of ketones is 1. The van der Waals surface area contributed by atoms with Crippen LogP contribution in [0.15, 0.2) is 48.5 Å². The van der Waals surface area contributed by atoms with Gasteiger partial charge >= 0.3 is 0 Å². The molecule has 164 valence electrons. The minimum Gasteiger partial charge on any atom is -0.497 e. The van der Waals surface area contributed by atoms with Crippen LogP contribution in [-0.2, 0) is 6.42 Å². The number of nitrogens with zero attached hydrogens (tertiary/aromatic N) is 1. The molecular formula is C25H31N3O3. The van der Waals surface area contributed by atoms with Crippen molar-refractivity contribution in [3.63, 3.8) is 0 Å². The van der Waals surface area contributed by atoms with Gasteiger partial charge in [0, 0.05) is 47.1 Å². The molecule has 3 rings (SSSR count). The first kappa shape index (κ1) is 22.6. The number of likely N-dealkylation sites (N-methyl/N-ethyl adjacent to an activating group) is 1. The summed E-state index contributed by atoms with van der Waals surface area (Å²) in [6, 6.07) is 12.7. The highest BCUT2D eigenvalue weighted by atomic mass is 16.5. The highest BCUT2D eigenvalue weighted by Crippen LogP contribution is 2.32. The van der Waals surface area contributed by atoms with Crippen LogP contribution in [0.25, 0.3) is 5.70 Å². The van der Waals surface area contributed by atoms with Crippen molar-refractivity contribution in [2.24, 2.45) is 0 Å². The van der Waals surface area contributed by atoms with Gasteiger partial charge in [0.25, 0.3) is 5.91 Å². The van der Waals surface area contributed by atoms with Gasteiger partial charge in [0.05, 0.1) is 7.11 Å². The molecule has 1 aliphatic heterocycles. The van der Waals surface area contributed by atoms with Crippen LogP contribution in [0.4, 0.5) is 0 Å². The van der Waals surface area contributed by atoms with Gasteiger partial charge in [0.15, 0.2) is 5.78 Å². The summed E-state index contributed by atoms with van der Waals surface area (Å²) in [5.41, 5.74) is 3.84. The lowest BCUT2D eigenvalue weighted by molar-refractivity contribution is 0.0949. The Bertz CT molecular complexity index is 992. The molecule has 31 heavy (non-hydrogen) atoms. The third-order valence-corrected chi connectivity index (χ3v) is 5.26. The largest absolute Gasteiger partial charge is 0.497 e. The average Bonchev–Trinajstić information content (AvgIpc) is 2.72. The third kappa shape index (κ3) is 5.73. The van der Waals surface area contributed by atoms with E-state index in [2.05, 4.69) is 30.5 Å². The second-order valence-electron chi connectivity index (χ2n) is 8.77. The van der Waals surface area contributed by atoms with Gasteiger partial charge in [-0.2, -0.15) is 0 Å². The molecule has 2 aromatic carbocycles. The number of carbonyl (C=O) groups is 2. The first-order valence-electron chi connectivity index (χ1n) is 10.4. The Labute approximate surface area is 184 Å². The molecule has 0 fully saturated rings. The molecule has 6 nitrogen and oxygen atoms in total. The molecule has 0 spiro atoms. The molecule has 1 aliphatic rings. The Balaban J connectivity index is 1.79. The Morgan fingerprint density at radius 3 is 2.45 bits per heavy atom. The molecule has 0 atom stereocenters. The van der Waals surface area contributed by atoms with Crippen molar-refractivity contribution in [2.75, 3.05) is 34.3 Å². The summed E-state index contributed by atoms with van der Waals surface area (Å²) < 4.78 is 5.37. The molecule has 1 heterocycles. The van der Waals surface area contributed by atoms with Gasteiger partial charge in [-0.15, -0.1) is 0 Å². The van der Waals surface area contributed by atoms with E-state index in [-0.39, 0.29) is 17.2 Å². The minimum absolute atomic E-state index is 0.117. The van der Waals surface area contributed by atoms with Crippen LogP contribution < -0.4 is 15.4 Å². The lowest BCUT2D eigenvalue weighted by Gasteiger charge is -2.35. The summed E-state index contributed by atoms with van der Waals surface area (Å²) in [6.45, 7) is 5.57. The summed E-state index contributed by atoms with van der Waals surface area (Å²) in [4.78, 5) is 27.2. The molecule has 0 radical (unpaired) electrons. The maximum atomic E-state index is 13.0. The van der Waals surface area contributed by atoms with E-state index in [1.54, 1.807) is 37.5 Å².